The molecule has 2 heterocycles. The number of guanidine groups is 1. The number of morpholine rings is 1. The lowest BCUT2D eigenvalue weighted by Crippen LogP contribution is -2.41. The molecular weight excluding hydrogens is 288 g/mol. The van der Waals surface area contributed by atoms with Gasteiger partial charge in [0.05, 0.1) is 25.8 Å². The molecule has 3 rings (SSSR count). The quantitative estimate of drug-likeness (QED) is 0.679. The third-order valence-corrected chi connectivity index (χ3v) is 4.80. The minimum Gasteiger partial charge on any atom is -0.379 e. The van der Waals surface area contributed by atoms with E-state index in [-0.39, 0.29) is 6.04 Å². The van der Waals surface area contributed by atoms with Crippen LogP contribution in [0.4, 0.5) is 0 Å². The number of ether oxygens (including phenoxy) is 1. The zero-order chi connectivity index (χ0) is 16.1. The zero-order valence-electron chi connectivity index (χ0n) is 14.1. The number of benzene rings is 1. The van der Waals surface area contributed by atoms with Crippen LogP contribution in [0.1, 0.15) is 30.0 Å². The smallest absolute Gasteiger partial charge is 0.191 e. The van der Waals surface area contributed by atoms with Crippen LogP contribution in [0.5, 0.6) is 0 Å². The van der Waals surface area contributed by atoms with E-state index >= 15 is 0 Å². The fourth-order valence-corrected chi connectivity index (χ4v) is 3.34. The molecule has 1 atom stereocenters. The zero-order valence-corrected chi connectivity index (χ0v) is 14.1. The van der Waals surface area contributed by atoms with Crippen LogP contribution in [-0.4, -0.2) is 61.7 Å². The van der Waals surface area contributed by atoms with Crippen LogP contribution < -0.4 is 5.73 Å². The Balaban J connectivity index is 1.74. The Morgan fingerprint density at radius 1 is 1.13 bits per heavy atom. The van der Waals surface area contributed by atoms with E-state index in [1.54, 1.807) is 0 Å². The second-order valence-electron chi connectivity index (χ2n) is 6.47. The Hall–Kier alpha value is -1.59. The summed E-state index contributed by atoms with van der Waals surface area (Å²) in [5.74, 6) is 0.702. The van der Waals surface area contributed by atoms with Crippen molar-refractivity contribution in [2.24, 2.45) is 10.7 Å². The van der Waals surface area contributed by atoms with Gasteiger partial charge in [-0.25, -0.2) is 0 Å². The molecule has 0 saturated carbocycles. The number of hydrogen-bond donors (Lipinski definition) is 1. The second-order valence-corrected chi connectivity index (χ2v) is 6.47. The maximum Gasteiger partial charge on any atom is 0.191 e. The molecule has 2 N–H and O–H groups in total. The molecule has 5 nitrogen and oxygen atoms in total. The fourth-order valence-electron chi connectivity index (χ4n) is 3.34. The van der Waals surface area contributed by atoms with Gasteiger partial charge in [0.1, 0.15) is 0 Å². The van der Waals surface area contributed by atoms with E-state index in [1.807, 2.05) is 0 Å². The first-order chi connectivity index (χ1) is 11.2. The molecular formula is C18H28N4O. The summed E-state index contributed by atoms with van der Waals surface area (Å²) in [7, 11) is 0. The van der Waals surface area contributed by atoms with E-state index in [1.165, 1.54) is 24.0 Å². The molecule has 0 unspecified atom stereocenters. The van der Waals surface area contributed by atoms with Crippen LogP contribution >= 0.6 is 0 Å². The van der Waals surface area contributed by atoms with Crippen LogP contribution in [0.25, 0.3) is 0 Å². The average molecular weight is 316 g/mol. The lowest BCUT2D eigenvalue weighted by Gasteiger charge is -2.34. The van der Waals surface area contributed by atoms with Crippen molar-refractivity contribution in [3.05, 3.63) is 35.4 Å². The number of aliphatic imine (C=N–C) groups is 1. The lowest BCUT2D eigenvalue weighted by atomic mass is 10.0. The number of rotatable bonds is 4. The molecule has 2 fully saturated rings. The van der Waals surface area contributed by atoms with Gasteiger partial charge in [0.2, 0.25) is 0 Å². The van der Waals surface area contributed by atoms with Gasteiger partial charge >= 0.3 is 0 Å². The van der Waals surface area contributed by atoms with E-state index < -0.39 is 0 Å². The number of hydrogen-bond acceptors (Lipinski definition) is 3. The number of aryl methyl sites for hydroxylation is 1. The van der Waals surface area contributed by atoms with Gasteiger partial charge < -0.3 is 15.4 Å². The van der Waals surface area contributed by atoms with Crippen molar-refractivity contribution in [3.63, 3.8) is 0 Å². The van der Waals surface area contributed by atoms with E-state index in [9.17, 15) is 0 Å². The number of nitrogens with two attached hydrogens (primary N) is 1. The first-order valence-corrected chi connectivity index (χ1v) is 8.67. The van der Waals surface area contributed by atoms with Crippen molar-refractivity contribution in [1.82, 2.24) is 9.80 Å². The minimum atomic E-state index is 0.278. The van der Waals surface area contributed by atoms with Gasteiger partial charge in [-0.1, -0.05) is 29.8 Å². The standard InChI is InChI=1S/C18H28N4O/c1-15-4-6-16(7-5-15)17(21-10-12-23-13-11-21)14-20-18(19)22-8-2-3-9-22/h4-7,17H,2-3,8-14H2,1H3,(H2,19,20)/t17-/m0/s1. The van der Waals surface area contributed by atoms with Gasteiger partial charge in [-0.2, -0.15) is 0 Å². The SMILES string of the molecule is Cc1ccc([C@H](CN=C(N)N2CCCC2)N2CCOCC2)cc1. The molecule has 2 saturated heterocycles. The van der Waals surface area contributed by atoms with E-state index in [4.69, 9.17) is 15.5 Å². The summed E-state index contributed by atoms with van der Waals surface area (Å²) in [5, 5.41) is 0. The Bertz CT molecular complexity index is 516. The molecule has 0 radical (unpaired) electrons. The van der Waals surface area contributed by atoms with Crippen LogP contribution in [0.2, 0.25) is 0 Å². The summed E-state index contributed by atoms with van der Waals surface area (Å²) >= 11 is 0. The molecule has 126 valence electrons. The molecule has 2 aliphatic rings. The molecule has 1 aromatic carbocycles. The van der Waals surface area contributed by atoms with Crippen molar-refractivity contribution in [2.45, 2.75) is 25.8 Å². The molecule has 0 spiro atoms. The predicted octanol–water partition coefficient (Wildman–Crippen LogP) is 1.78. The van der Waals surface area contributed by atoms with Gasteiger partial charge in [0.15, 0.2) is 5.96 Å². The van der Waals surface area contributed by atoms with E-state index in [2.05, 4.69) is 41.0 Å². The summed E-state index contributed by atoms with van der Waals surface area (Å²) in [6.07, 6.45) is 2.45. The highest BCUT2D eigenvalue weighted by molar-refractivity contribution is 5.78. The Kier molecular flexibility index (Phi) is 5.51. The number of nitrogens with zero attached hydrogens (tertiary/aromatic N) is 3. The van der Waals surface area contributed by atoms with Gasteiger partial charge in [-0.05, 0) is 25.3 Å². The highest BCUT2D eigenvalue weighted by Gasteiger charge is 2.23. The van der Waals surface area contributed by atoms with Crippen molar-refractivity contribution in [1.29, 1.82) is 0 Å². The van der Waals surface area contributed by atoms with E-state index in [0.717, 1.165) is 39.4 Å². The molecule has 0 aromatic heterocycles. The minimum absolute atomic E-state index is 0.278. The highest BCUT2D eigenvalue weighted by Crippen LogP contribution is 2.23. The fraction of sp³-hybridized carbons (Fsp3) is 0.611. The van der Waals surface area contributed by atoms with Crippen LogP contribution in [-0.2, 0) is 4.74 Å². The first-order valence-electron chi connectivity index (χ1n) is 8.67. The molecule has 2 aliphatic heterocycles. The Morgan fingerprint density at radius 3 is 2.43 bits per heavy atom. The van der Waals surface area contributed by atoms with Gasteiger partial charge in [0, 0.05) is 26.2 Å². The maximum atomic E-state index is 6.19. The summed E-state index contributed by atoms with van der Waals surface area (Å²) in [5.41, 5.74) is 8.79. The number of likely N-dealkylation sites (tertiary alicyclic amines) is 1. The third kappa shape index (κ3) is 4.24. The van der Waals surface area contributed by atoms with Crippen LogP contribution in [0.3, 0.4) is 0 Å². The van der Waals surface area contributed by atoms with Gasteiger partial charge in [0.25, 0.3) is 0 Å². The first kappa shape index (κ1) is 16.3. The van der Waals surface area contributed by atoms with E-state index in [0.29, 0.717) is 12.5 Å². The van der Waals surface area contributed by atoms with Crippen molar-refractivity contribution < 1.29 is 4.74 Å². The van der Waals surface area contributed by atoms with Crippen molar-refractivity contribution in [2.75, 3.05) is 45.9 Å². The molecule has 0 aliphatic carbocycles. The predicted molar refractivity (Wildman–Crippen MR) is 93.6 cm³/mol. The third-order valence-electron chi connectivity index (χ3n) is 4.80. The Labute approximate surface area is 139 Å². The highest BCUT2D eigenvalue weighted by atomic mass is 16.5. The lowest BCUT2D eigenvalue weighted by molar-refractivity contribution is 0.0179. The topological polar surface area (TPSA) is 54.1 Å². The maximum absolute atomic E-state index is 6.19. The van der Waals surface area contributed by atoms with Crippen molar-refractivity contribution >= 4 is 5.96 Å². The van der Waals surface area contributed by atoms with Gasteiger partial charge in [-0.3, -0.25) is 9.89 Å². The molecule has 0 bridgehead atoms. The molecule has 0 amide bonds. The molecule has 5 heteroatoms. The summed E-state index contributed by atoms with van der Waals surface area (Å²) in [4.78, 5) is 9.39. The van der Waals surface area contributed by atoms with Crippen molar-refractivity contribution in [3.8, 4) is 0 Å². The Morgan fingerprint density at radius 2 is 1.78 bits per heavy atom. The average Bonchev–Trinajstić information content (AvgIpc) is 3.12. The van der Waals surface area contributed by atoms with Crippen LogP contribution in [0, 0.1) is 6.92 Å². The summed E-state index contributed by atoms with van der Waals surface area (Å²) < 4.78 is 5.50. The second kappa shape index (κ2) is 7.79. The summed E-state index contributed by atoms with van der Waals surface area (Å²) in [6.45, 7) is 8.43. The van der Waals surface area contributed by atoms with Gasteiger partial charge in [-0.15, -0.1) is 0 Å². The molecule has 1 aromatic rings. The summed E-state index contributed by atoms with van der Waals surface area (Å²) in [6, 6.07) is 9.07. The van der Waals surface area contributed by atoms with Crippen LogP contribution in [0.15, 0.2) is 29.3 Å². The monoisotopic (exact) mass is 316 g/mol. The largest absolute Gasteiger partial charge is 0.379 e. The normalized spacial score (nSPS) is 21.6. The molecule has 23 heavy (non-hydrogen) atoms.